The molecule has 4 nitrogen and oxygen atoms in total. The molecule has 1 atom stereocenters. The molecule has 98 valence electrons. The molecule has 0 saturated carbocycles. The monoisotopic (exact) mass is 267 g/mol. The molecule has 0 aromatic heterocycles. The van der Waals surface area contributed by atoms with Crippen LogP contribution in [0.2, 0.25) is 0 Å². The topological polar surface area (TPSA) is 66.4 Å². The number of hydrogen-bond donors (Lipinski definition) is 2. The molecular formula is C13H17NO3S. The SMILES string of the molecule is CSCC[C@H](NC(=O)c1ccc(C)cc1)C(=O)O. The molecule has 5 heteroatoms. The van der Waals surface area contributed by atoms with E-state index in [1.807, 2.05) is 25.3 Å². The van der Waals surface area contributed by atoms with Crippen molar-refractivity contribution in [3.8, 4) is 0 Å². The summed E-state index contributed by atoms with van der Waals surface area (Å²) in [6.07, 6.45) is 2.33. The van der Waals surface area contributed by atoms with E-state index in [4.69, 9.17) is 5.11 Å². The molecule has 0 spiro atoms. The van der Waals surface area contributed by atoms with Gasteiger partial charge in [-0.1, -0.05) is 17.7 Å². The molecule has 1 aromatic rings. The van der Waals surface area contributed by atoms with E-state index < -0.39 is 12.0 Å². The van der Waals surface area contributed by atoms with Crippen molar-refractivity contribution in [2.45, 2.75) is 19.4 Å². The summed E-state index contributed by atoms with van der Waals surface area (Å²) in [4.78, 5) is 22.9. The van der Waals surface area contributed by atoms with Crippen LogP contribution in [0.25, 0.3) is 0 Å². The fraction of sp³-hybridized carbons (Fsp3) is 0.385. The first kappa shape index (κ1) is 14.6. The van der Waals surface area contributed by atoms with Gasteiger partial charge in [0.05, 0.1) is 0 Å². The Morgan fingerprint density at radius 2 is 1.94 bits per heavy atom. The maximum Gasteiger partial charge on any atom is 0.326 e. The highest BCUT2D eigenvalue weighted by atomic mass is 32.2. The van der Waals surface area contributed by atoms with Crippen LogP contribution in [0.5, 0.6) is 0 Å². The van der Waals surface area contributed by atoms with Crippen LogP contribution in [-0.4, -0.2) is 35.0 Å². The third kappa shape index (κ3) is 4.41. The van der Waals surface area contributed by atoms with E-state index in [0.717, 1.165) is 5.56 Å². The highest BCUT2D eigenvalue weighted by molar-refractivity contribution is 7.98. The van der Waals surface area contributed by atoms with Crippen LogP contribution in [-0.2, 0) is 4.79 Å². The number of rotatable bonds is 6. The standard InChI is InChI=1S/C13H17NO3S/c1-9-3-5-10(6-4-9)12(15)14-11(13(16)17)7-8-18-2/h3-6,11H,7-8H2,1-2H3,(H,14,15)(H,16,17)/t11-/m0/s1. The van der Waals surface area contributed by atoms with E-state index in [9.17, 15) is 9.59 Å². The van der Waals surface area contributed by atoms with E-state index in [1.54, 1.807) is 23.9 Å². The number of carboxylic acid groups (broad SMARTS) is 1. The van der Waals surface area contributed by atoms with Crippen LogP contribution in [0.4, 0.5) is 0 Å². The minimum Gasteiger partial charge on any atom is -0.480 e. The van der Waals surface area contributed by atoms with Gasteiger partial charge < -0.3 is 10.4 Å². The molecule has 0 radical (unpaired) electrons. The summed E-state index contributed by atoms with van der Waals surface area (Å²) < 4.78 is 0. The Balaban J connectivity index is 2.66. The molecule has 0 unspecified atom stereocenters. The first-order valence-corrected chi connectivity index (χ1v) is 7.03. The summed E-state index contributed by atoms with van der Waals surface area (Å²) >= 11 is 1.56. The van der Waals surface area contributed by atoms with Crippen molar-refractivity contribution in [1.82, 2.24) is 5.32 Å². The molecule has 0 fully saturated rings. The fourth-order valence-electron chi connectivity index (χ4n) is 1.44. The van der Waals surface area contributed by atoms with Crippen molar-refractivity contribution in [2.24, 2.45) is 0 Å². The Hall–Kier alpha value is -1.49. The van der Waals surface area contributed by atoms with E-state index in [0.29, 0.717) is 17.7 Å². The lowest BCUT2D eigenvalue weighted by Gasteiger charge is -2.13. The van der Waals surface area contributed by atoms with Crippen LogP contribution < -0.4 is 5.32 Å². The number of carbonyl (C=O) groups excluding carboxylic acids is 1. The zero-order chi connectivity index (χ0) is 13.5. The third-order valence-electron chi connectivity index (χ3n) is 2.53. The number of thioether (sulfide) groups is 1. The largest absolute Gasteiger partial charge is 0.480 e. The van der Waals surface area contributed by atoms with Gasteiger partial charge in [-0.25, -0.2) is 4.79 Å². The van der Waals surface area contributed by atoms with Crippen LogP contribution >= 0.6 is 11.8 Å². The van der Waals surface area contributed by atoms with Crippen molar-refractivity contribution in [2.75, 3.05) is 12.0 Å². The Labute approximate surface area is 111 Å². The Morgan fingerprint density at radius 1 is 1.33 bits per heavy atom. The number of aryl methyl sites for hydroxylation is 1. The van der Waals surface area contributed by atoms with Crippen LogP contribution in [0.1, 0.15) is 22.3 Å². The van der Waals surface area contributed by atoms with Gasteiger partial charge in [-0.3, -0.25) is 4.79 Å². The van der Waals surface area contributed by atoms with E-state index in [2.05, 4.69) is 5.32 Å². The Morgan fingerprint density at radius 3 is 2.44 bits per heavy atom. The van der Waals surface area contributed by atoms with Crippen LogP contribution in [0, 0.1) is 6.92 Å². The molecule has 0 saturated heterocycles. The molecule has 1 aromatic carbocycles. The summed E-state index contributed by atoms with van der Waals surface area (Å²) in [6, 6.07) is 6.21. The van der Waals surface area contributed by atoms with Crippen molar-refractivity contribution in [3.05, 3.63) is 35.4 Å². The molecule has 0 heterocycles. The molecule has 1 amide bonds. The Kier molecular flexibility index (Phi) is 5.71. The van der Waals surface area contributed by atoms with Gasteiger partial charge in [0.25, 0.3) is 5.91 Å². The number of amides is 1. The maximum absolute atomic E-state index is 11.9. The molecule has 18 heavy (non-hydrogen) atoms. The molecular weight excluding hydrogens is 250 g/mol. The van der Waals surface area contributed by atoms with Gasteiger partial charge in [-0.05, 0) is 37.5 Å². The summed E-state index contributed by atoms with van der Waals surface area (Å²) in [5.41, 5.74) is 1.54. The second kappa shape index (κ2) is 7.06. The van der Waals surface area contributed by atoms with E-state index in [-0.39, 0.29) is 5.91 Å². The molecule has 2 N–H and O–H groups in total. The highest BCUT2D eigenvalue weighted by Gasteiger charge is 2.19. The van der Waals surface area contributed by atoms with E-state index in [1.165, 1.54) is 0 Å². The fourth-order valence-corrected chi connectivity index (χ4v) is 1.91. The van der Waals surface area contributed by atoms with Gasteiger partial charge in [0.2, 0.25) is 0 Å². The lowest BCUT2D eigenvalue weighted by molar-refractivity contribution is -0.139. The second-order valence-electron chi connectivity index (χ2n) is 4.01. The zero-order valence-corrected chi connectivity index (χ0v) is 11.3. The number of nitrogens with one attached hydrogen (secondary N) is 1. The molecule has 0 aliphatic rings. The van der Waals surface area contributed by atoms with Crippen molar-refractivity contribution in [1.29, 1.82) is 0 Å². The molecule has 1 rings (SSSR count). The van der Waals surface area contributed by atoms with Crippen LogP contribution in [0.3, 0.4) is 0 Å². The average molecular weight is 267 g/mol. The first-order chi connectivity index (χ1) is 8.54. The van der Waals surface area contributed by atoms with E-state index >= 15 is 0 Å². The molecule has 0 bridgehead atoms. The Bertz CT molecular complexity index is 417. The highest BCUT2D eigenvalue weighted by Crippen LogP contribution is 2.05. The van der Waals surface area contributed by atoms with Gasteiger partial charge in [0, 0.05) is 5.56 Å². The van der Waals surface area contributed by atoms with Gasteiger partial charge in [-0.2, -0.15) is 11.8 Å². The predicted molar refractivity (Wildman–Crippen MR) is 73.1 cm³/mol. The third-order valence-corrected chi connectivity index (χ3v) is 3.17. The van der Waals surface area contributed by atoms with Crippen molar-refractivity contribution >= 4 is 23.6 Å². The zero-order valence-electron chi connectivity index (χ0n) is 10.5. The normalized spacial score (nSPS) is 11.9. The lowest BCUT2D eigenvalue weighted by Crippen LogP contribution is -2.41. The van der Waals surface area contributed by atoms with Crippen molar-refractivity contribution in [3.63, 3.8) is 0 Å². The minimum absolute atomic E-state index is 0.344. The van der Waals surface area contributed by atoms with Crippen molar-refractivity contribution < 1.29 is 14.7 Å². The van der Waals surface area contributed by atoms with Gasteiger partial charge >= 0.3 is 5.97 Å². The smallest absolute Gasteiger partial charge is 0.326 e. The van der Waals surface area contributed by atoms with Gasteiger partial charge in [0.15, 0.2) is 0 Å². The number of hydrogen-bond acceptors (Lipinski definition) is 3. The van der Waals surface area contributed by atoms with Gasteiger partial charge in [-0.15, -0.1) is 0 Å². The summed E-state index contributed by atoms with van der Waals surface area (Å²) in [5, 5.41) is 11.6. The quantitative estimate of drug-likeness (QED) is 0.826. The first-order valence-electron chi connectivity index (χ1n) is 5.64. The second-order valence-corrected chi connectivity index (χ2v) is 5.00. The number of carboxylic acids is 1. The summed E-state index contributed by atoms with van der Waals surface area (Å²) in [6.45, 7) is 1.93. The number of benzene rings is 1. The number of aliphatic carboxylic acids is 1. The maximum atomic E-state index is 11.9. The average Bonchev–Trinajstić information content (AvgIpc) is 2.34. The van der Waals surface area contributed by atoms with Gasteiger partial charge in [0.1, 0.15) is 6.04 Å². The molecule has 0 aliphatic heterocycles. The minimum atomic E-state index is -0.996. The summed E-state index contributed by atoms with van der Waals surface area (Å²) in [5.74, 6) is -0.640. The lowest BCUT2D eigenvalue weighted by atomic mass is 10.1. The molecule has 0 aliphatic carbocycles. The number of carbonyl (C=O) groups is 2. The van der Waals surface area contributed by atoms with Crippen LogP contribution in [0.15, 0.2) is 24.3 Å². The predicted octanol–water partition coefficient (Wildman–Crippen LogP) is 1.93. The summed E-state index contributed by atoms with van der Waals surface area (Å²) in [7, 11) is 0.